The highest BCUT2D eigenvalue weighted by Gasteiger charge is 2.61. The zero-order valence-electron chi connectivity index (χ0n) is 35.1. The average molecular weight is 808 g/mol. The molecule has 5 aliphatic heterocycles. The summed E-state index contributed by atoms with van der Waals surface area (Å²) in [4.78, 5) is 24.4. The molecule has 6 rings (SSSR count). The number of aliphatic hydroxyl groups is 2. The monoisotopic (exact) mass is 807 g/mol. The lowest BCUT2D eigenvalue weighted by atomic mass is 9.78. The van der Waals surface area contributed by atoms with Gasteiger partial charge >= 0.3 is 12.1 Å². The van der Waals surface area contributed by atoms with Crippen LogP contribution in [-0.4, -0.2) is 107 Å². The molecule has 0 aliphatic carbocycles. The quantitative estimate of drug-likeness (QED) is 0.196. The second-order valence-corrected chi connectivity index (χ2v) is 18.6. The maximum Gasteiger partial charge on any atom is 0.407 e. The molecule has 1 spiro atoms. The fourth-order valence-corrected chi connectivity index (χ4v) is 10.6. The van der Waals surface area contributed by atoms with Crippen LogP contribution in [0.1, 0.15) is 106 Å². The minimum absolute atomic E-state index is 0.0715. The van der Waals surface area contributed by atoms with Crippen LogP contribution < -0.4 is 5.32 Å². The summed E-state index contributed by atoms with van der Waals surface area (Å²) in [6.45, 7) is 15.6. The van der Waals surface area contributed by atoms with Crippen LogP contribution in [0.3, 0.4) is 0 Å². The number of hydrogen-bond acceptors (Lipinski definition) is 11. The number of alkyl carbamates (subject to hydrolysis) is 1. The first-order valence-corrected chi connectivity index (χ1v) is 20.9. The number of carboxylic acid groups (broad SMARTS) is 1. The second kappa shape index (κ2) is 16.9. The molecule has 13 nitrogen and oxygen atoms in total. The molecule has 5 heterocycles. The molecule has 1 amide bonds. The first-order chi connectivity index (χ1) is 26.7. The SMILES string of the molecule is CO[C@@H](C(C)C(=O)O)[C@H](C)[C@H]1O[C@@]2(CC[C@@](C)([C@H]3CC[C@@](C)([C@@H]4O[C@@H]([C@H]5O[C@@](O)(COC(=O)NCc6ccc(F)cc6)[C@H](C)C[C@@H]5C)C[C@@H]4C)O3)O2)C[C@H](O)[C@H]1C. The smallest absolute Gasteiger partial charge is 0.407 e. The molecule has 14 heteroatoms. The van der Waals surface area contributed by atoms with E-state index in [9.17, 15) is 29.3 Å². The van der Waals surface area contributed by atoms with Crippen molar-refractivity contribution in [3.63, 3.8) is 0 Å². The predicted molar refractivity (Wildman–Crippen MR) is 205 cm³/mol. The average Bonchev–Trinajstić information content (AvgIpc) is 3.86. The van der Waals surface area contributed by atoms with Crippen molar-refractivity contribution in [1.82, 2.24) is 5.32 Å². The largest absolute Gasteiger partial charge is 0.481 e. The highest BCUT2D eigenvalue weighted by molar-refractivity contribution is 5.70. The molecule has 57 heavy (non-hydrogen) atoms. The van der Waals surface area contributed by atoms with Crippen LogP contribution in [0, 0.1) is 41.3 Å². The van der Waals surface area contributed by atoms with Crippen molar-refractivity contribution in [2.24, 2.45) is 35.5 Å². The fourth-order valence-electron chi connectivity index (χ4n) is 10.6. The lowest BCUT2D eigenvalue weighted by molar-refractivity contribution is -0.336. The molecular formula is C43H66FNO12. The number of methoxy groups -OCH3 is 1. The van der Waals surface area contributed by atoms with E-state index in [-0.39, 0.29) is 66.9 Å². The molecule has 5 aliphatic rings. The Kier molecular flexibility index (Phi) is 13.1. The van der Waals surface area contributed by atoms with Gasteiger partial charge in [-0.2, -0.15) is 0 Å². The van der Waals surface area contributed by atoms with E-state index in [0.717, 1.165) is 12.8 Å². The molecule has 322 valence electrons. The Morgan fingerprint density at radius 3 is 2.35 bits per heavy atom. The number of amides is 1. The summed E-state index contributed by atoms with van der Waals surface area (Å²) in [5, 5.41) is 35.4. The van der Waals surface area contributed by atoms with Crippen LogP contribution in [0.25, 0.3) is 0 Å². The summed E-state index contributed by atoms with van der Waals surface area (Å²) >= 11 is 0. The molecular weight excluding hydrogens is 741 g/mol. The predicted octanol–water partition coefficient (Wildman–Crippen LogP) is 5.96. The third kappa shape index (κ3) is 9.04. The maximum atomic E-state index is 13.3. The normalized spacial score (nSPS) is 43.8. The van der Waals surface area contributed by atoms with Crippen molar-refractivity contribution in [2.75, 3.05) is 13.7 Å². The van der Waals surface area contributed by atoms with E-state index in [1.54, 1.807) is 19.1 Å². The summed E-state index contributed by atoms with van der Waals surface area (Å²) in [6.07, 6.45) is 0.616. The third-order valence-electron chi connectivity index (χ3n) is 14.2. The van der Waals surface area contributed by atoms with E-state index in [2.05, 4.69) is 33.0 Å². The van der Waals surface area contributed by atoms with E-state index >= 15 is 0 Å². The summed E-state index contributed by atoms with van der Waals surface area (Å²) in [6, 6.07) is 5.79. The minimum atomic E-state index is -1.71. The molecule has 5 saturated heterocycles. The number of carbonyl (C=O) groups is 2. The van der Waals surface area contributed by atoms with Gasteiger partial charge in [0, 0.05) is 44.2 Å². The Labute approximate surface area is 336 Å². The topological polar surface area (TPSA) is 171 Å². The lowest BCUT2D eigenvalue weighted by Crippen LogP contribution is -2.57. The first kappa shape index (κ1) is 44.1. The number of benzene rings is 1. The zero-order valence-corrected chi connectivity index (χ0v) is 35.1. The molecule has 17 atom stereocenters. The van der Waals surface area contributed by atoms with Gasteiger partial charge in [0.25, 0.3) is 0 Å². The molecule has 0 radical (unpaired) electrons. The molecule has 1 unspecified atom stereocenters. The van der Waals surface area contributed by atoms with Gasteiger partial charge in [-0.05, 0) is 82.4 Å². The van der Waals surface area contributed by atoms with Gasteiger partial charge in [0.1, 0.15) is 12.4 Å². The third-order valence-corrected chi connectivity index (χ3v) is 14.2. The lowest BCUT2D eigenvalue weighted by Gasteiger charge is -2.48. The highest BCUT2D eigenvalue weighted by atomic mass is 19.1. The molecule has 1 aromatic carbocycles. The van der Waals surface area contributed by atoms with Crippen LogP contribution in [0.2, 0.25) is 0 Å². The van der Waals surface area contributed by atoms with Crippen LogP contribution in [0.15, 0.2) is 24.3 Å². The number of hydrogen-bond donors (Lipinski definition) is 4. The zero-order chi connectivity index (χ0) is 41.7. The Morgan fingerprint density at radius 1 is 0.982 bits per heavy atom. The number of rotatable bonds is 12. The van der Waals surface area contributed by atoms with Crippen molar-refractivity contribution in [2.45, 2.75) is 172 Å². The van der Waals surface area contributed by atoms with Gasteiger partial charge in [-0.15, -0.1) is 0 Å². The number of halogens is 1. The van der Waals surface area contributed by atoms with E-state index in [0.29, 0.717) is 37.7 Å². The standard InChI is InChI=1S/C43H66FNO12/c1-23-18-25(3)43(50,22-52-39(49)45-21-29-10-12-30(44)13-11-29)56-34(23)32-19-24(2)37(53-32)41(8)15-14-33(54-41)40(7)16-17-42(57-40)20-31(46)26(4)36(55-42)27(5)35(51-9)28(6)38(47)48/h10-13,23-28,31-37,46,50H,14-22H2,1-9H3,(H,45,49)(H,47,48)/t23-,24-,25+,26+,27-,28?,31-,32+,33+,34-,35+,36-,37+,40-,41-,42+,43-/m0/s1. The van der Waals surface area contributed by atoms with Crippen molar-refractivity contribution >= 4 is 12.1 Å². The Balaban J connectivity index is 1.06. The summed E-state index contributed by atoms with van der Waals surface area (Å²) in [5.41, 5.74) is -0.602. The number of ether oxygens (including phenoxy) is 7. The number of aliphatic carboxylic acids is 1. The summed E-state index contributed by atoms with van der Waals surface area (Å²) < 4.78 is 58.3. The summed E-state index contributed by atoms with van der Waals surface area (Å²) in [7, 11) is 1.51. The number of carbonyl (C=O) groups excluding carboxylic acids is 1. The maximum absolute atomic E-state index is 13.3. The van der Waals surface area contributed by atoms with Gasteiger partial charge in [-0.25, -0.2) is 9.18 Å². The fraction of sp³-hybridized carbons (Fsp3) is 0.814. The number of carboxylic acids is 1. The second-order valence-electron chi connectivity index (χ2n) is 18.6. The molecule has 4 N–H and O–H groups in total. The van der Waals surface area contributed by atoms with Gasteiger partial charge in [0.05, 0.1) is 59.8 Å². The van der Waals surface area contributed by atoms with E-state index in [1.807, 2.05) is 20.8 Å². The first-order valence-electron chi connectivity index (χ1n) is 20.9. The van der Waals surface area contributed by atoms with Crippen LogP contribution >= 0.6 is 0 Å². The van der Waals surface area contributed by atoms with Gasteiger partial charge in [-0.1, -0.05) is 46.8 Å². The van der Waals surface area contributed by atoms with Gasteiger partial charge < -0.3 is 53.8 Å². The van der Waals surface area contributed by atoms with E-state index < -0.39 is 65.2 Å². The van der Waals surface area contributed by atoms with Crippen molar-refractivity contribution in [3.05, 3.63) is 35.6 Å². The van der Waals surface area contributed by atoms with Crippen molar-refractivity contribution in [3.8, 4) is 0 Å². The molecule has 5 fully saturated rings. The van der Waals surface area contributed by atoms with E-state index in [1.165, 1.54) is 19.2 Å². The Morgan fingerprint density at radius 2 is 1.68 bits per heavy atom. The molecule has 0 bridgehead atoms. The van der Waals surface area contributed by atoms with Crippen molar-refractivity contribution in [1.29, 1.82) is 0 Å². The molecule has 0 saturated carbocycles. The van der Waals surface area contributed by atoms with Crippen molar-refractivity contribution < 1.29 is 62.5 Å². The Bertz CT molecular complexity index is 1570. The van der Waals surface area contributed by atoms with Crippen LogP contribution in [-0.2, 0) is 44.5 Å². The number of nitrogens with one attached hydrogen (secondary N) is 1. The van der Waals surface area contributed by atoms with Crippen LogP contribution in [0.4, 0.5) is 9.18 Å². The van der Waals surface area contributed by atoms with Crippen LogP contribution in [0.5, 0.6) is 0 Å². The van der Waals surface area contributed by atoms with Gasteiger partial charge in [-0.3, -0.25) is 4.79 Å². The van der Waals surface area contributed by atoms with Gasteiger partial charge in [0.2, 0.25) is 5.79 Å². The Hall–Kier alpha value is -2.43. The molecule has 1 aromatic rings. The minimum Gasteiger partial charge on any atom is -0.481 e. The molecule has 0 aromatic heterocycles. The van der Waals surface area contributed by atoms with Gasteiger partial charge in [0.15, 0.2) is 5.79 Å². The number of aliphatic hydroxyl groups excluding tert-OH is 1. The summed E-state index contributed by atoms with van der Waals surface area (Å²) in [5.74, 6) is -5.49. The van der Waals surface area contributed by atoms with E-state index in [4.69, 9.17) is 33.2 Å². The highest BCUT2D eigenvalue weighted by Crippen LogP contribution is 2.54.